The van der Waals surface area contributed by atoms with Gasteiger partial charge in [-0.15, -0.1) is 0 Å². The second kappa shape index (κ2) is 6.68. The van der Waals surface area contributed by atoms with Gasteiger partial charge in [0.1, 0.15) is 12.4 Å². The van der Waals surface area contributed by atoms with Crippen LogP contribution >= 0.6 is 0 Å². The Balaban J connectivity index is 2.89. The summed E-state index contributed by atoms with van der Waals surface area (Å²) in [5.74, 6) is 0.152. The van der Waals surface area contributed by atoms with Gasteiger partial charge < -0.3 is 9.47 Å². The molecule has 0 spiro atoms. The summed E-state index contributed by atoms with van der Waals surface area (Å²) in [6.07, 6.45) is 1.17. The molecule has 0 aromatic heterocycles. The topological polar surface area (TPSA) is 35.5 Å². The van der Waals surface area contributed by atoms with Gasteiger partial charge in [0, 0.05) is 6.08 Å². The number of alkyl halides is 1. The van der Waals surface area contributed by atoms with Gasteiger partial charge in [0.15, 0.2) is 0 Å². The van der Waals surface area contributed by atoms with Gasteiger partial charge in [0.25, 0.3) is 0 Å². The lowest BCUT2D eigenvalue weighted by Crippen LogP contribution is -2.01. The molecule has 0 aliphatic rings. The molecule has 0 aliphatic carbocycles. The van der Waals surface area contributed by atoms with Crippen LogP contribution < -0.4 is 4.74 Å². The number of allylic oxidation sites excluding steroid dienone is 1. The summed E-state index contributed by atoms with van der Waals surface area (Å²) < 4.78 is 22.6. The molecule has 0 saturated heterocycles. The Labute approximate surface area is 99.9 Å². The summed E-state index contributed by atoms with van der Waals surface area (Å²) in [7, 11) is 1.56. The molecule has 0 saturated carbocycles. The monoisotopic (exact) mass is 238 g/mol. The van der Waals surface area contributed by atoms with Crippen molar-refractivity contribution in [1.82, 2.24) is 0 Å². The number of carbonyl (C=O) groups is 1. The van der Waals surface area contributed by atoms with Gasteiger partial charge in [-0.05, 0) is 30.2 Å². The molecule has 0 atom stereocenters. The molecule has 92 valence electrons. The Morgan fingerprint density at radius 2 is 2.00 bits per heavy atom. The number of carbonyl (C=O) groups excluding carboxylic acids is 1. The first-order valence-corrected chi connectivity index (χ1v) is 5.29. The van der Waals surface area contributed by atoms with Crippen molar-refractivity contribution in [2.45, 2.75) is 6.92 Å². The highest BCUT2D eigenvalue weighted by Crippen LogP contribution is 2.19. The maximum Gasteiger partial charge on any atom is 0.331 e. The van der Waals surface area contributed by atoms with Gasteiger partial charge in [-0.1, -0.05) is 12.1 Å². The lowest BCUT2D eigenvalue weighted by Gasteiger charge is -2.05. The minimum Gasteiger partial charge on any atom is -0.497 e. The van der Waals surface area contributed by atoms with Gasteiger partial charge in [-0.3, -0.25) is 0 Å². The minimum atomic E-state index is -0.717. The Bertz CT molecular complexity index is 396. The van der Waals surface area contributed by atoms with E-state index < -0.39 is 12.6 Å². The summed E-state index contributed by atoms with van der Waals surface area (Å²) >= 11 is 0. The number of hydrogen-bond acceptors (Lipinski definition) is 3. The van der Waals surface area contributed by atoms with Crippen LogP contribution in [0.25, 0.3) is 5.57 Å². The van der Waals surface area contributed by atoms with E-state index in [1.54, 1.807) is 38.3 Å². The summed E-state index contributed by atoms with van der Waals surface area (Å²) in [5.41, 5.74) is 0.937. The molecular weight excluding hydrogens is 223 g/mol. The van der Waals surface area contributed by atoms with Gasteiger partial charge in [0.2, 0.25) is 0 Å². The zero-order valence-electron chi connectivity index (χ0n) is 9.90. The molecule has 17 heavy (non-hydrogen) atoms. The largest absolute Gasteiger partial charge is 0.497 e. The first-order valence-electron chi connectivity index (χ1n) is 5.29. The van der Waals surface area contributed by atoms with Crippen molar-refractivity contribution in [1.29, 1.82) is 0 Å². The number of halogens is 1. The molecule has 1 aromatic carbocycles. The number of rotatable bonds is 5. The van der Waals surface area contributed by atoms with Crippen LogP contribution in [0.15, 0.2) is 30.3 Å². The number of benzene rings is 1. The highest BCUT2D eigenvalue weighted by atomic mass is 19.1. The molecule has 1 aromatic rings. The Morgan fingerprint density at radius 1 is 1.35 bits per heavy atom. The van der Waals surface area contributed by atoms with Crippen LogP contribution in [0.3, 0.4) is 0 Å². The van der Waals surface area contributed by atoms with E-state index in [1.165, 1.54) is 6.08 Å². The normalized spacial score (nSPS) is 11.1. The smallest absolute Gasteiger partial charge is 0.331 e. The van der Waals surface area contributed by atoms with Gasteiger partial charge in [-0.2, -0.15) is 0 Å². The lowest BCUT2D eigenvalue weighted by molar-refractivity contribution is -0.137. The van der Waals surface area contributed by atoms with Crippen molar-refractivity contribution in [3.05, 3.63) is 35.9 Å². The van der Waals surface area contributed by atoms with E-state index in [2.05, 4.69) is 0 Å². The van der Waals surface area contributed by atoms with E-state index in [-0.39, 0.29) is 6.61 Å². The van der Waals surface area contributed by atoms with Crippen molar-refractivity contribution in [2.75, 3.05) is 20.4 Å². The zero-order chi connectivity index (χ0) is 12.7. The molecule has 4 heteroatoms. The van der Waals surface area contributed by atoms with E-state index in [1.807, 2.05) is 0 Å². The standard InChI is InChI=1S/C13H15FO3/c1-3-17-13(15)8-11(9-14)10-4-6-12(16-2)7-5-10/h4-8H,3,9H2,1-2H3/b11-8-. The molecule has 0 amide bonds. The maximum atomic E-state index is 12.8. The van der Waals surface area contributed by atoms with Crippen LogP contribution in [-0.4, -0.2) is 26.4 Å². The third-order valence-corrected chi connectivity index (χ3v) is 2.18. The molecule has 0 unspecified atom stereocenters. The van der Waals surface area contributed by atoms with Gasteiger partial charge in [-0.25, -0.2) is 9.18 Å². The Hall–Kier alpha value is -1.84. The van der Waals surface area contributed by atoms with Gasteiger partial charge >= 0.3 is 5.97 Å². The predicted molar refractivity (Wildman–Crippen MR) is 63.6 cm³/mol. The first-order chi connectivity index (χ1) is 8.21. The molecule has 0 bridgehead atoms. The number of esters is 1. The van der Waals surface area contributed by atoms with E-state index in [0.29, 0.717) is 16.9 Å². The quantitative estimate of drug-likeness (QED) is 0.584. The van der Waals surface area contributed by atoms with Crippen LogP contribution in [0, 0.1) is 0 Å². The first kappa shape index (κ1) is 13.2. The average molecular weight is 238 g/mol. The number of hydrogen-bond donors (Lipinski definition) is 0. The fraction of sp³-hybridized carbons (Fsp3) is 0.308. The van der Waals surface area contributed by atoms with E-state index in [4.69, 9.17) is 9.47 Å². The molecule has 3 nitrogen and oxygen atoms in total. The zero-order valence-corrected chi connectivity index (χ0v) is 9.90. The van der Waals surface area contributed by atoms with Crippen molar-refractivity contribution >= 4 is 11.5 Å². The lowest BCUT2D eigenvalue weighted by atomic mass is 10.1. The summed E-state index contributed by atoms with van der Waals surface area (Å²) in [4.78, 5) is 11.2. The van der Waals surface area contributed by atoms with Crippen molar-refractivity contribution < 1.29 is 18.7 Å². The van der Waals surface area contributed by atoms with Crippen LogP contribution in [0.2, 0.25) is 0 Å². The van der Waals surface area contributed by atoms with E-state index >= 15 is 0 Å². The van der Waals surface area contributed by atoms with Crippen molar-refractivity contribution in [3.8, 4) is 5.75 Å². The van der Waals surface area contributed by atoms with Crippen molar-refractivity contribution in [3.63, 3.8) is 0 Å². The average Bonchev–Trinajstić information content (AvgIpc) is 2.36. The fourth-order valence-electron chi connectivity index (χ4n) is 1.33. The molecule has 1 rings (SSSR count). The minimum absolute atomic E-state index is 0.275. The van der Waals surface area contributed by atoms with Crippen LogP contribution in [-0.2, 0) is 9.53 Å². The highest BCUT2D eigenvalue weighted by molar-refractivity contribution is 5.91. The molecule has 0 fully saturated rings. The highest BCUT2D eigenvalue weighted by Gasteiger charge is 2.05. The van der Waals surface area contributed by atoms with E-state index in [9.17, 15) is 9.18 Å². The van der Waals surface area contributed by atoms with Gasteiger partial charge in [0.05, 0.1) is 13.7 Å². The number of ether oxygens (including phenoxy) is 2. The molecule has 0 radical (unpaired) electrons. The summed E-state index contributed by atoms with van der Waals surface area (Å²) in [5, 5.41) is 0. The summed E-state index contributed by atoms with van der Waals surface area (Å²) in [6.45, 7) is 1.26. The van der Waals surface area contributed by atoms with Crippen LogP contribution in [0.5, 0.6) is 5.75 Å². The molecule has 0 N–H and O–H groups in total. The predicted octanol–water partition coefficient (Wildman–Crippen LogP) is 2.61. The SMILES string of the molecule is CCOC(=O)/C=C(/CF)c1ccc(OC)cc1. The Morgan fingerprint density at radius 3 is 2.47 bits per heavy atom. The molecule has 0 aliphatic heterocycles. The fourth-order valence-corrected chi connectivity index (χ4v) is 1.33. The van der Waals surface area contributed by atoms with Crippen molar-refractivity contribution in [2.24, 2.45) is 0 Å². The third-order valence-electron chi connectivity index (χ3n) is 2.18. The second-order valence-electron chi connectivity index (χ2n) is 3.28. The van der Waals surface area contributed by atoms with E-state index in [0.717, 1.165) is 0 Å². The van der Waals surface area contributed by atoms with Crippen LogP contribution in [0.1, 0.15) is 12.5 Å². The maximum absolute atomic E-state index is 12.8. The molecular formula is C13H15FO3. The number of methoxy groups -OCH3 is 1. The Kier molecular flexibility index (Phi) is 5.20. The molecule has 0 heterocycles. The second-order valence-corrected chi connectivity index (χ2v) is 3.28. The summed E-state index contributed by atoms with van der Waals surface area (Å²) in [6, 6.07) is 6.82. The third kappa shape index (κ3) is 3.90. The van der Waals surface area contributed by atoms with Crippen LogP contribution in [0.4, 0.5) is 4.39 Å².